The smallest absolute Gasteiger partial charge is 0.336 e. The van der Waals surface area contributed by atoms with Crippen molar-refractivity contribution in [1.29, 1.82) is 0 Å². The number of aliphatic hydroxyl groups is 1. The summed E-state index contributed by atoms with van der Waals surface area (Å²) in [7, 11) is -2.71. The molecule has 0 amide bonds. The van der Waals surface area contributed by atoms with Crippen LogP contribution in [0.2, 0.25) is 0 Å². The number of hydrogen-bond acceptors (Lipinski definition) is 5. The summed E-state index contributed by atoms with van der Waals surface area (Å²) in [5, 5.41) is 18.3. The normalized spacial score (nSPS) is 14.6. The van der Waals surface area contributed by atoms with Crippen LogP contribution in [-0.2, 0) is 14.8 Å². The molecule has 9 heteroatoms. The monoisotopic (exact) mass is 367 g/mol. The topological polar surface area (TPSA) is 113 Å². The lowest BCUT2D eigenvalue weighted by atomic mass is 10.1. The van der Waals surface area contributed by atoms with Gasteiger partial charge in [0.15, 0.2) is 5.60 Å². The molecule has 0 aromatic heterocycles. The number of benzene rings is 1. The second kappa shape index (κ2) is 6.08. The zero-order valence-corrected chi connectivity index (χ0v) is 13.2. The number of halogens is 1. The molecule has 7 nitrogen and oxygen atoms in total. The predicted octanol–water partition coefficient (Wildman–Crippen LogP) is 0.572. The van der Waals surface area contributed by atoms with Gasteiger partial charge in [-0.3, -0.25) is 0 Å². The zero-order chi connectivity index (χ0) is 15.6. The SMILES string of the molecule is COc1ccc(Br)cc1S(=O)(=O)NCC(C)(O)C(=O)O. The molecule has 0 spiro atoms. The van der Waals surface area contributed by atoms with Crippen LogP contribution in [-0.4, -0.2) is 43.9 Å². The number of nitrogens with one attached hydrogen (secondary N) is 1. The molecule has 112 valence electrons. The molecule has 0 aliphatic carbocycles. The summed E-state index contributed by atoms with van der Waals surface area (Å²) >= 11 is 3.14. The highest BCUT2D eigenvalue weighted by atomic mass is 79.9. The summed E-state index contributed by atoms with van der Waals surface area (Å²) in [6.07, 6.45) is 0. The number of rotatable bonds is 6. The standard InChI is InChI=1S/C11H14BrNO6S/c1-11(16,10(14)15)6-13-20(17,18)9-5-7(12)3-4-8(9)19-2/h3-5,13,16H,6H2,1-2H3,(H,14,15). The third-order valence-electron chi connectivity index (χ3n) is 2.48. The van der Waals surface area contributed by atoms with E-state index >= 15 is 0 Å². The van der Waals surface area contributed by atoms with Gasteiger partial charge in [0.2, 0.25) is 10.0 Å². The number of hydrogen-bond donors (Lipinski definition) is 3. The minimum Gasteiger partial charge on any atom is -0.495 e. The second-order valence-corrected chi connectivity index (χ2v) is 6.85. The molecule has 0 aliphatic heterocycles. The quantitative estimate of drug-likeness (QED) is 0.677. The molecular formula is C11H14BrNO6S. The van der Waals surface area contributed by atoms with Crippen LogP contribution < -0.4 is 9.46 Å². The Bertz CT molecular complexity index is 613. The molecule has 0 saturated heterocycles. The van der Waals surface area contributed by atoms with Crippen LogP contribution in [0.25, 0.3) is 0 Å². The molecule has 0 bridgehead atoms. The fourth-order valence-electron chi connectivity index (χ4n) is 1.25. The molecular weight excluding hydrogens is 354 g/mol. The molecule has 0 saturated carbocycles. The summed E-state index contributed by atoms with van der Waals surface area (Å²) in [6, 6.07) is 4.37. The number of sulfonamides is 1. The fourth-order valence-corrected chi connectivity index (χ4v) is 3.09. The molecule has 1 aromatic rings. The summed E-state index contributed by atoms with van der Waals surface area (Å²) in [6.45, 7) is 0.330. The Morgan fingerprint density at radius 3 is 2.60 bits per heavy atom. The molecule has 1 aromatic carbocycles. The van der Waals surface area contributed by atoms with E-state index in [0.717, 1.165) is 6.92 Å². The van der Waals surface area contributed by atoms with Gasteiger partial charge < -0.3 is 14.9 Å². The third-order valence-corrected chi connectivity index (χ3v) is 4.40. The van der Waals surface area contributed by atoms with Gasteiger partial charge >= 0.3 is 5.97 Å². The van der Waals surface area contributed by atoms with Gasteiger partial charge in [0, 0.05) is 4.47 Å². The van der Waals surface area contributed by atoms with E-state index in [-0.39, 0.29) is 10.6 Å². The molecule has 0 aliphatic rings. The van der Waals surface area contributed by atoms with Crippen LogP contribution in [0.15, 0.2) is 27.6 Å². The minimum atomic E-state index is -4.02. The Hall–Kier alpha value is -1.16. The molecule has 1 unspecified atom stereocenters. The highest BCUT2D eigenvalue weighted by molar-refractivity contribution is 9.10. The van der Waals surface area contributed by atoms with Gasteiger partial charge in [0.25, 0.3) is 0 Å². The number of carbonyl (C=O) groups is 1. The molecule has 3 N–H and O–H groups in total. The lowest BCUT2D eigenvalue weighted by molar-refractivity contribution is -0.155. The van der Waals surface area contributed by atoms with Crippen LogP contribution >= 0.6 is 15.9 Å². The van der Waals surface area contributed by atoms with Crippen molar-refractivity contribution in [3.05, 3.63) is 22.7 Å². The number of methoxy groups -OCH3 is 1. The van der Waals surface area contributed by atoms with Crippen LogP contribution in [0.5, 0.6) is 5.75 Å². The van der Waals surface area contributed by atoms with Crippen molar-refractivity contribution in [3.8, 4) is 5.75 Å². The maximum atomic E-state index is 12.1. The Balaban J connectivity index is 3.06. The van der Waals surface area contributed by atoms with Crippen LogP contribution in [0, 0.1) is 0 Å². The van der Waals surface area contributed by atoms with E-state index in [4.69, 9.17) is 9.84 Å². The van der Waals surface area contributed by atoms with Gasteiger partial charge in [-0.1, -0.05) is 15.9 Å². The van der Waals surface area contributed by atoms with E-state index in [0.29, 0.717) is 4.47 Å². The molecule has 0 heterocycles. The van der Waals surface area contributed by atoms with Crippen molar-refractivity contribution in [1.82, 2.24) is 4.72 Å². The van der Waals surface area contributed by atoms with Crippen LogP contribution in [0.1, 0.15) is 6.92 Å². The van der Waals surface area contributed by atoms with Gasteiger partial charge in [-0.25, -0.2) is 17.9 Å². The van der Waals surface area contributed by atoms with E-state index < -0.39 is 28.1 Å². The van der Waals surface area contributed by atoms with Gasteiger partial charge in [0.1, 0.15) is 10.6 Å². The average Bonchev–Trinajstić information content (AvgIpc) is 2.36. The molecule has 0 radical (unpaired) electrons. The van der Waals surface area contributed by atoms with Crippen molar-refractivity contribution in [2.75, 3.05) is 13.7 Å². The number of ether oxygens (including phenoxy) is 1. The van der Waals surface area contributed by atoms with Gasteiger partial charge in [-0.2, -0.15) is 0 Å². The highest BCUT2D eigenvalue weighted by Crippen LogP contribution is 2.27. The number of carboxylic acid groups (broad SMARTS) is 1. The van der Waals surface area contributed by atoms with Crippen molar-refractivity contribution in [3.63, 3.8) is 0 Å². The van der Waals surface area contributed by atoms with Crippen LogP contribution in [0.3, 0.4) is 0 Å². The average molecular weight is 368 g/mol. The number of aliphatic carboxylic acids is 1. The van der Waals surface area contributed by atoms with Crippen LogP contribution in [0.4, 0.5) is 0 Å². The largest absolute Gasteiger partial charge is 0.495 e. The third kappa shape index (κ3) is 3.92. The van der Waals surface area contributed by atoms with E-state index in [1.54, 1.807) is 6.07 Å². The van der Waals surface area contributed by atoms with Gasteiger partial charge in [-0.05, 0) is 25.1 Å². The van der Waals surface area contributed by atoms with Crippen molar-refractivity contribution < 1.29 is 28.2 Å². The molecule has 1 atom stereocenters. The van der Waals surface area contributed by atoms with Gasteiger partial charge in [-0.15, -0.1) is 0 Å². The Kier molecular flexibility index (Phi) is 5.14. The first-order chi connectivity index (χ1) is 9.10. The summed E-state index contributed by atoms with van der Waals surface area (Å²) in [4.78, 5) is 10.6. The zero-order valence-electron chi connectivity index (χ0n) is 10.8. The summed E-state index contributed by atoms with van der Waals surface area (Å²) in [5.74, 6) is -1.42. The van der Waals surface area contributed by atoms with Crippen molar-refractivity contribution in [2.24, 2.45) is 0 Å². The fraction of sp³-hybridized carbons (Fsp3) is 0.364. The van der Waals surface area contributed by atoms with E-state index in [1.807, 2.05) is 4.72 Å². The summed E-state index contributed by atoms with van der Waals surface area (Å²) in [5.41, 5.74) is -2.20. The Morgan fingerprint density at radius 1 is 1.50 bits per heavy atom. The Morgan fingerprint density at radius 2 is 2.10 bits per heavy atom. The first kappa shape index (κ1) is 16.9. The first-order valence-electron chi connectivity index (χ1n) is 5.39. The lowest BCUT2D eigenvalue weighted by Gasteiger charge is -2.19. The maximum Gasteiger partial charge on any atom is 0.336 e. The molecule has 20 heavy (non-hydrogen) atoms. The Labute approximate surface area is 124 Å². The van der Waals surface area contributed by atoms with E-state index in [1.165, 1.54) is 19.2 Å². The second-order valence-electron chi connectivity index (χ2n) is 4.20. The molecule has 0 fully saturated rings. The summed E-state index contributed by atoms with van der Waals surface area (Å²) < 4.78 is 31.7. The lowest BCUT2D eigenvalue weighted by Crippen LogP contribution is -2.46. The maximum absolute atomic E-state index is 12.1. The number of carboxylic acids is 1. The van der Waals surface area contributed by atoms with E-state index in [2.05, 4.69) is 15.9 Å². The first-order valence-corrected chi connectivity index (χ1v) is 7.67. The highest BCUT2D eigenvalue weighted by Gasteiger charge is 2.32. The van der Waals surface area contributed by atoms with Crippen molar-refractivity contribution in [2.45, 2.75) is 17.4 Å². The van der Waals surface area contributed by atoms with Gasteiger partial charge in [0.05, 0.1) is 13.7 Å². The predicted molar refractivity (Wildman–Crippen MR) is 74.1 cm³/mol. The minimum absolute atomic E-state index is 0.107. The van der Waals surface area contributed by atoms with Crippen molar-refractivity contribution >= 4 is 31.9 Å². The van der Waals surface area contributed by atoms with E-state index in [9.17, 15) is 18.3 Å². The molecule has 1 rings (SSSR count).